The summed E-state index contributed by atoms with van der Waals surface area (Å²) in [6, 6.07) is 3.91. The Hall–Kier alpha value is -1.69. The monoisotopic (exact) mass is 245 g/mol. The van der Waals surface area contributed by atoms with E-state index in [1.807, 2.05) is 16.6 Å². The summed E-state index contributed by atoms with van der Waals surface area (Å²) in [7, 11) is 0. The van der Waals surface area contributed by atoms with Gasteiger partial charge in [-0.2, -0.15) is 4.52 Å². The Balaban J connectivity index is 1.75. The lowest BCUT2D eigenvalue weighted by molar-refractivity contribution is 0.198. The zero-order valence-corrected chi connectivity index (χ0v) is 10.0. The van der Waals surface area contributed by atoms with Crippen molar-refractivity contribution in [2.75, 3.05) is 18.0 Å². The first-order chi connectivity index (χ1) is 8.81. The zero-order valence-electron chi connectivity index (χ0n) is 10.0. The lowest BCUT2D eigenvalue weighted by atomic mass is 10.3. The van der Waals surface area contributed by atoms with Crippen LogP contribution in [0.3, 0.4) is 0 Å². The number of fused-ring (bicyclic) bond motifs is 1. The number of aliphatic hydroxyl groups excluding tert-OH is 1. The maximum absolute atomic E-state index is 9.59. The average Bonchev–Trinajstić information content (AvgIpc) is 2.99. The van der Waals surface area contributed by atoms with E-state index < -0.39 is 0 Å². The van der Waals surface area contributed by atoms with Gasteiger partial charge in [0.25, 0.3) is 0 Å². The second kappa shape index (κ2) is 3.65. The molecule has 18 heavy (non-hydrogen) atoms. The van der Waals surface area contributed by atoms with Crippen LogP contribution in [0.2, 0.25) is 0 Å². The molecule has 2 aromatic rings. The molecule has 4 rings (SSSR count). The van der Waals surface area contributed by atoms with Crippen molar-refractivity contribution in [1.29, 1.82) is 0 Å². The van der Waals surface area contributed by atoms with Crippen LogP contribution in [0.15, 0.2) is 12.1 Å². The van der Waals surface area contributed by atoms with E-state index in [4.69, 9.17) is 0 Å². The fraction of sp³-hybridized carbons (Fsp3) is 0.583. The van der Waals surface area contributed by atoms with Crippen LogP contribution in [-0.2, 0) is 0 Å². The Kier molecular flexibility index (Phi) is 2.08. The number of nitrogens with zero attached hydrogens (tertiary/aromatic N) is 5. The molecule has 1 saturated heterocycles. The van der Waals surface area contributed by atoms with E-state index in [2.05, 4.69) is 20.2 Å². The molecule has 2 aromatic heterocycles. The highest BCUT2D eigenvalue weighted by atomic mass is 16.3. The van der Waals surface area contributed by atoms with Gasteiger partial charge in [-0.1, -0.05) is 0 Å². The van der Waals surface area contributed by atoms with Crippen molar-refractivity contribution < 1.29 is 5.11 Å². The molecular formula is C12H15N5O. The van der Waals surface area contributed by atoms with Gasteiger partial charge < -0.3 is 10.0 Å². The van der Waals surface area contributed by atoms with Crippen molar-refractivity contribution in [1.82, 2.24) is 19.8 Å². The van der Waals surface area contributed by atoms with Gasteiger partial charge >= 0.3 is 0 Å². The summed E-state index contributed by atoms with van der Waals surface area (Å²) in [5.74, 6) is 2.42. The van der Waals surface area contributed by atoms with E-state index in [0.29, 0.717) is 12.5 Å². The molecule has 0 bridgehead atoms. The van der Waals surface area contributed by atoms with Gasteiger partial charge in [0.05, 0.1) is 6.10 Å². The van der Waals surface area contributed by atoms with Gasteiger partial charge in [0.2, 0.25) is 0 Å². The Morgan fingerprint density at radius 2 is 2.06 bits per heavy atom. The smallest absolute Gasteiger partial charge is 0.178 e. The maximum atomic E-state index is 9.59. The summed E-state index contributed by atoms with van der Waals surface area (Å²) in [6.07, 6.45) is 2.97. The van der Waals surface area contributed by atoms with Crippen molar-refractivity contribution in [2.45, 2.75) is 31.3 Å². The highest BCUT2D eigenvalue weighted by molar-refractivity contribution is 5.47. The van der Waals surface area contributed by atoms with Gasteiger partial charge in [0.15, 0.2) is 11.5 Å². The van der Waals surface area contributed by atoms with Crippen molar-refractivity contribution >= 4 is 11.5 Å². The summed E-state index contributed by atoms with van der Waals surface area (Å²) in [5, 5.41) is 22.6. The van der Waals surface area contributed by atoms with E-state index in [0.717, 1.165) is 30.3 Å². The van der Waals surface area contributed by atoms with Crippen LogP contribution >= 0.6 is 0 Å². The van der Waals surface area contributed by atoms with E-state index in [1.165, 1.54) is 12.8 Å². The Morgan fingerprint density at radius 3 is 2.78 bits per heavy atom. The third-order valence-electron chi connectivity index (χ3n) is 3.70. The van der Waals surface area contributed by atoms with E-state index >= 15 is 0 Å². The molecule has 2 aliphatic rings. The molecular weight excluding hydrogens is 230 g/mol. The molecule has 0 spiro atoms. The first-order valence-electron chi connectivity index (χ1n) is 6.46. The largest absolute Gasteiger partial charge is 0.391 e. The summed E-state index contributed by atoms with van der Waals surface area (Å²) in [4.78, 5) is 2.11. The fourth-order valence-electron chi connectivity index (χ4n) is 2.51. The minimum atomic E-state index is -0.230. The molecule has 1 aliphatic heterocycles. The Morgan fingerprint density at radius 1 is 1.17 bits per heavy atom. The topological polar surface area (TPSA) is 66.5 Å². The number of β-amino-alcohol motifs (C(OH)–C–C–N with tert-alkyl or cyclic N) is 1. The highest BCUT2D eigenvalue weighted by Gasteiger charge is 2.30. The lowest BCUT2D eigenvalue weighted by Crippen LogP contribution is -2.23. The molecule has 6 nitrogen and oxygen atoms in total. The van der Waals surface area contributed by atoms with Gasteiger partial charge in [0, 0.05) is 19.0 Å². The first kappa shape index (κ1) is 10.3. The van der Waals surface area contributed by atoms with Gasteiger partial charge in [0.1, 0.15) is 5.82 Å². The SMILES string of the molecule is O[C@H]1CCN(c2ccc3nnc(C4CC4)n3n2)C1. The van der Waals surface area contributed by atoms with E-state index in [-0.39, 0.29) is 6.10 Å². The Labute approximate surface area is 104 Å². The molecule has 6 heteroatoms. The quantitative estimate of drug-likeness (QED) is 0.838. The fourth-order valence-corrected chi connectivity index (χ4v) is 2.51. The molecule has 1 saturated carbocycles. The highest BCUT2D eigenvalue weighted by Crippen LogP contribution is 2.38. The standard InChI is InChI=1S/C12H15N5O/c18-9-5-6-16(7-9)11-4-3-10-13-14-12(8-1-2-8)17(10)15-11/h3-4,8-9,18H,1-2,5-7H2/t9-/m0/s1. The summed E-state index contributed by atoms with van der Waals surface area (Å²) in [6.45, 7) is 1.53. The number of hydrogen-bond donors (Lipinski definition) is 1. The predicted octanol–water partition coefficient (Wildman–Crippen LogP) is 0.573. The molecule has 1 atom stereocenters. The van der Waals surface area contributed by atoms with E-state index in [9.17, 15) is 5.11 Å². The van der Waals surface area contributed by atoms with Gasteiger partial charge in [-0.05, 0) is 31.4 Å². The molecule has 0 aromatic carbocycles. The second-order valence-corrected chi connectivity index (χ2v) is 5.18. The summed E-state index contributed by atoms with van der Waals surface area (Å²) in [5.41, 5.74) is 0.806. The molecule has 1 N–H and O–H groups in total. The van der Waals surface area contributed by atoms with Crippen molar-refractivity contribution in [3.63, 3.8) is 0 Å². The number of aliphatic hydroxyl groups is 1. The van der Waals surface area contributed by atoms with Crippen LogP contribution in [0.5, 0.6) is 0 Å². The van der Waals surface area contributed by atoms with Crippen LogP contribution in [0.4, 0.5) is 5.82 Å². The number of hydrogen-bond acceptors (Lipinski definition) is 5. The van der Waals surface area contributed by atoms with Crippen LogP contribution < -0.4 is 4.90 Å². The third kappa shape index (κ3) is 1.56. The summed E-state index contributed by atoms with van der Waals surface area (Å²) >= 11 is 0. The molecule has 94 valence electrons. The average molecular weight is 245 g/mol. The predicted molar refractivity (Wildman–Crippen MR) is 65.6 cm³/mol. The Bertz CT molecular complexity index is 591. The van der Waals surface area contributed by atoms with Crippen molar-refractivity contribution in [2.24, 2.45) is 0 Å². The van der Waals surface area contributed by atoms with Crippen molar-refractivity contribution in [3.05, 3.63) is 18.0 Å². The van der Waals surface area contributed by atoms with Crippen LogP contribution in [-0.4, -0.2) is 44.1 Å². The minimum absolute atomic E-state index is 0.230. The van der Waals surface area contributed by atoms with Crippen LogP contribution in [0.1, 0.15) is 31.0 Å². The first-order valence-corrected chi connectivity index (χ1v) is 6.46. The number of anilines is 1. The molecule has 0 amide bonds. The minimum Gasteiger partial charge on any atom is -0.391 e. The maximum Gasteiger partial charge on any atom is 0.178 e. The molecule has 3 heterocycles. The lowest BCUT2D eigenvalue weighted by Gasteiger charge is -2.16. The molecule has 1 aliphatic carbocycles. The van der Waals surface area contributed by atoms with Gasteiger partial charge in [-0.3, -0.25) is 0 Å². The zero-order chi connectivity index (χ0) is 12.1. The number of rotatable bonds is 2. The molecule has 2 fully saturated rings. The van der Waals surface area contributed by atoms with Crippen LogP contribution in [0, 0.1) is 0 Å². The normalized spacial score (nSPS) is 24.1. The van der Waals surface area contributed by atoms with Gasteiger partial charge in [-0.25, -0.2) is 0 Å². The van der Waals surface area contributed by atoms with Crippen molar-refractivity contribution in [3.8, 4) is 0 Å². The third-order valence-corrected chi connectivity index (χ3v) is 3.70. The second-order valence-electron chi connectivity index (χ2n) is 5.18. The summed E-state index contributed by atoms with van der Waals surface area (Å²) < 4.78 is 1.86. The van der Waals surface area contributed by atoms with Crippen LogP contribution in [0.25, 0.3) is 5.65 Å². The number of aromatic nitrogens is 4. The molecule has 0 radical (unpaired) electrons. The molecule has 0 unspecified atom stereocenters. The van der Waals surface area contributed by atoms with Gasteiger partial charge in [-0.15, -0.1) is 15.3 Å². The van der Waals surface area contributed by atoms with E-state index in [1.54, 1.807) is 0 Å².